The smallest absolute Gasteiger partial charge is 0.226 e. The highest BCUT2D eigenvalue weighted by atomic mass is 35.5. The van der Waals surface area contributed by atoms with Gasteiger partial charge in [0, 0.05) is 18.7 Å². The first kappa shape index (κ1) is 16.4. The third kappa shape index (κ3) is 3.63. The van der Waals surface area contributed by atoms with Gasteiger partial charge in [-0.2, -0.15) is 0 Å². The molecular weight excluding hydrogens is 305 g/mol. The minimum Gasteiger partial charge on any atom is -0.481 e. The van der Waals surface area contributed by atoms with Gasteiger partial charge in [-0.1, -0.05) is 13.8 Å². The van der Waals surface area contributed by atoms with Crippen LogP contribution in [0.5, 0.6) is 5.88 Å². The van der Waals surface area contributed by atoms with Crippen LogP contribution in [0.25, 0.3) is 11.1 Å². The summed E-state index contributed by atoms with van der Waals surface area (Å²) < 4.78 is 19.1. The SMILES string of the molecule is COc1cc(-c2cc(F)cc(C(C)C)c2CC(=O)Cl)ccn1. The molecule has 2 aromatic rings. The molecule has 0 saturated heterocycles. The number of ether oxygens (including phenoxy) is 1. The van der Waals surface area contributed by atoms with Gasteiger partial charge in [-0.25, -0.2) is 9.37 Å². The van der Waals surface area contributed by atoms with Crippen LogP contribution >= 0.6 is 11.6 Å². The lowest BCUT2D eigenvalue weighted by atomic mass is 9.89. The zero-order valence-electron chi connectivity index (χ0n) is 12.7. The Balaban J connectivity index is 2.69. The molecule has 1 aromatic carbocycles. The molecule has 0 atom stereocenters. The molecular formula is C17H17ClFNO2. The molecule has 2 rings (SSSR count). The highest BCUT2D eigenvalue weighted by Gasteiger charge is 2.17. The van der Waals surface area contributed by atoms with Crippen LogP contribution in [0.15, 0.2) is 30.5 Å². The Labute approximate surface area is 134 Å². The number of carbonyl (C=O) groups excluding carboxylic acids is 1. The Morgan fingerprint density at radius 1 is 1.36 bits per heavy atom. The lowest BCUT2D eigenvalue weighted by Gasteiger charge is -2.17. The van der Waals surface area contributed by atoms with E-state index in [1.165, 1.54) is 19.2 Å². The van der Waals surface area contributed by atoms with Crippen molar-refractivity contribution < 1.29 is 13.9 Å². The third-order valence-corrected chi connectivity index (χ3v) is 3.58. The van der Waals surface area contributed by atoms with Gasteiger partial charge in [-0.05, 0) is 58.0 Å². The van der Waals surface area contributed by atoms with E-state index >= 15 is 0 Å². The second-order valence-electron chi connectivity index (χ2n) is 5.29. The van der Waals surface area contributed by atoms with Gasteiger partial charge in [0.2, 0.25) is 11.1 Å². The highest BCUT2D eigenvalue weighted by Crippen LogP contribution is 2.33. The number of methoxy groups -OCH3 is 1. The van der Waals surface area contributed by atoms with Crippen LogP contribution in [0.2, 0.25) is 0 Å². The fourth-order valence-electron chi connectivity index (χ4n) is 2.46. The minimum absolute atomic E-state index is 0.0509. The summed E-state index contributed by atoms with van der Waals surface area (Å²) in [7, 11) is 1.51. The number of carbonyl (C=O) groups is 1. The Hall–Kier alpha value is -1.94. The first-order chi connectivity index (χ1) is 10.4. The van der Waals surface area contributed by atoms with Crippen LogP contribution < -0.4 is 4.74 Å². The topological polar surface area (TPSA) is 39.2 Å². The summed E-state index contributed by atoms with van der Waals surface area (Å²) in [5.74, 6) is 0.153. The van der Waals surface area contributed by atoms with E-state index in [1.807, 2.05) is 13.8 Å². The van der Waals surface area contributed by atoms with Crippen molar-refractivity contribution in [2.24, 2.45) is 0 Å². The molecule has 0 saturated carbocycles. The lowest BCUT2D eigenvalue weighted by molar-refractivity contribution is -0.111. The van der Waals surface area contributed by atoms with Crippen LogP contribution in [-0.2, 0) is 11.2 Å². The summed E-state index contributed by atoms with van der Waals surface area (Å²) in [4.78, 5) is 15.5. The molecule has 1 heterocycles. The predicted molar refractivity (Wildman–Crippen MR) is 84.8 cm³/mol. The van der Waals surface area contributed by atoms with Gasteiger partial charge in [-0.3, -0.25) is 4.79 Å². The van der Waals surface area contributed by atoms with E-state index in [0.717, 1.165) is 16.7 Å². The Morgan fingerprint density at radius 3 is 2.68 bits per heavy atom. The number of halogens is 2. The van der Waals surface area contributed by atoms with E-state index in [4.69, 9.17) is 16.3 Å². The molecule has 3 nitrogen and oxygen atoms in total. The van der Waals surface area contributed by atoms with Gasteiger partial charge in [0.1, 0.15) is 5.82 Å². The summed E-state index contributed by atoms with van der Waals surface area (Å²) in [6, 6.07) is 6.34. The average molecular weight is 322 g/mol. The predicted octanol–water partition coefficient (Wildman–Crippen LogP) is 4.33. The molecule has 0 amide bonds. The molecule has 0 aliphatic rings. The Morgan fingerprint density at radius 2 is 2.09 bits per heavy atom. The van der Waals surface area contributed by atoms with Crippen LogP contribution in [0, 0.1) is 5.82 Å². The van der Waals surface area contributed by atoms with Crippen molar-refractivity contribution in [3.05, 3.63) is 47.4 Å². The van der Waals surface area contributed by atoms with E-state index < -0.39 is 5.24 Å². The van der Waals surface area contributed by atoms with Crippen molar-refractivity contribution in [2.75, 3.05) is 7.11 Å². The molecule has 0 unspecified atom stereocenters. The second kappa shape index (κ2) is 6.88. The van der Waals surface area contributed by atoms with Crippen LogP contribution in [-0.4, -0.2) is 17.3 Å². The van der Waals surface area contributed by atoms with E-state index in [-0.39, 0.29) is 18.2 Å². The van der Waals surface area contributed by atoms with Crippen molar-refractivity contribution in [1.82, 2.24) is 4.98 Å². The highest BCUT2D eigenvalue weighted by molar-refractivity contribution is 6.63. The summed E-state index contributed by atoms with van der Waals surface area (Å²) in [6.07, 6.45) is 1.63. The maximum atomic E-state index is 14.0. The van der Waals surface area contributed by atoms with Crippen molar-refractivity contribution in [2.45, 2.75) is 26.2 Å². The molecule has 116 valence electrons. The molecule has 0 bridgehead atoms. The number of benzene rings is 1. The number of pyridine rings is 1. The zero-order chi connectivity index (χ0) is 16.3. The van der Waals surface area contributed by atoms with Crippen molar-refractivity contribution in [3.63, 3.8) is 0 Å². The minimum atomic E-state index is -0.476. The zero-order valence-corrected chi connectivity index (χ0v) is 13.4. The molecule has 5 heteroatoms. The van der Waals surface area contributed by atoms with Crippen molar-refractivity contribution >= 4 is 16.8 Å². The van der Waals surface area contributed by atoms with Gasteiger partial charge in [0.15, 0.2) is 0 Å². The van der Waals surface area contributed by atoms with Crippen LogP contribution in [0.1, 0.15) is 30.9 Å². The molecule has 0 fully saturated rings. The van der Waals surface area contributed by atoms with Gasteiger partial charge < -0.3 is 4.74 Å². The summed E-state index contributed by atoms with van der Waals surface area (Å²) in [6.45, 7) is 3.90. The molecule has 0 spiro atoms. The molecule has 0 radical (unpaired) electrons. The monoisotopic (exact) mass is 321 g/mol. The Bertz CT molecular complexity index is 701. The summed E-state index contributed by atoms with van der Waals surface area (Å²) in [5.41, 5.74) is 2.89. The van der Waals surface area contributed by atoms with Gasteiger partial charge in [0.25, 0.3) is 0 Å². The molecule has 0 N–H and O–H groups in total. The average Bonchev–Trinajstić information content (AvgIpc) is 2.48. The standard InChI is InChI=1S/C17H17ClFNO2/c1-10(2)13-7-12(19)8-14(15(13)9-16(18)21)11-4-5-20-17(6-11)22-3/h4-8,10H,9H2,1-3H3. The fourth-order valence-corrected chi connectivity index (χ4v) is 2.59. The number of hydrogen-bond acceptors (Lipinski definition) is 3. The number of hydrogen-bond donors (Lipinski definition) is 0. The number of nitrogens with zero attached hydrogens (tertiary/aromatic N) is 1. The summed E-state index contributed by atoms with van der Waals surface area (Å²) >= 11 is 5.58. The fraction of sp³-hybridized carbons (Fsp3) is 0.294. The van der Waals surface area contributed by atoms with E-state index in [1.54, 1.807) is 18.3 Å². The van der Waals surface area contributed by atoms with Gasteiger partial charge in [-0.15, -0.1) is 0 Å². The van der Waals surface area contributed by atoms with Gasteiger partial charge >= 0.3 is 0 Å². The normalized spacial score (nSPS) is 10.8. The first-order valence-corrected chi connectivity index (χ1v) is 7.31. The third-order valence-electron chi connectivity index (χ3n) is 3.44. The van der Waals surface area contributed by atoms with Crippen molar-refractivity contribution in [3.8, 4) is 17.0 Å². The molecule has 0 aliphatic carbocycles. The van der Waals surface area contributed by atoms with Gasteiger partial charge in [0.05, 0.1) is 7.11 Å². The van der Waals surface area contributed by atoms with Crippen LogP contribution in [0.4, 0.5) is 4.39 Å². The first-order valence-electron chi connectivity index (χ1n) is 6.93. The second-order valence-corrected chi connectivity index (χ2v) is 5.72. The Kier molecular flexibility index (Phi) is 5.14. The summed E-state index contributed by atoms with van der Waals surface area (Å²) in [5, 5.41) is -0.476. The van der Waals surface area contributed by atoms with Crippen LogP contribution in [0.3, 0.4) is 0 Å². The van der Waals surface area contributed by atoms with E-state index in [0.29, 0.717) is 11.4 Å². The largest absolute Gasteiger partial charge is 0.481 e. The maximum Gasteiger partial charge on any atom is 0.226 e. The quantitative estimate of drug-likeness (QED) is 0.769. The van der Waals surface area contributed by atoms with E-state index in [2.05, 4.69) is 4.98 Å². The molecule has 0 aliphatic heterocycles. The number of aromatic nitrogens is 1. The number of rotatable bonds is 5. The molecule has 22 heavy (non-hydrogen) atoms. The lowest BCUT2D eigenvalue weighted by Crippen LogP contribution is -2.05. The maximum absolute atomic E-state index is 14.0. The molecule has 1 aromatic heterocycles. The van der Waals surface area contributed by atoms with E-state index in [9.17, 15) is 9.18 Å². The van der Waals surface area contributed by atoms with Crippen molar-refractivity contribution in [1.29, 1.82) is 0 Å².